The normalized spacial score (nSPS) is 18.9. The van der Waals surface area contributed by atoms with Crippen molar-refractivity contribution in [3.8, 4) is 0 Å². The molecule has 0 aliphatic carbocycles. The topological polar surface area (TPSA) is 42.1 Å². The van der Waals surface area contributed by atoms with Crippen molar-refractivity contribution in [2.24, 2.45) is 17.1 Å². The van der Waals surface area contributed by atoms with E-state index < -0.39 is 0 Å². The minimum Gasteiger partial charge on any atom is -0.330 e. The summed E-state index contributed by atoms with van der Waals surface area (Å²) in [7, 11) is 0. The number of aromatic nitrogens is 1. The van der Waals surface area contributed by atoms with Gasteiger partial charge < -0.3 is 5.73 Å². The maximum atomic E-state index is 5.57. The summed E-state index contributed by atoms with van der Waals surface area (Å²) in [5, 5.41) is 3.38. The number of hydrogen-bond acceptors (Lipinski definition) is 4. The minimum absolute atomic E-state index is 0.459. The lowest BCUT2D eigenvalue weighted by molar-refractivity contribution is 0.107. The molecule has 3 nitrogen and oxygen atoms in total. The molecular formula is C15H27N3S. The monoisotopic (exact) mass is 281 g/mol. The first-order valence-corrected chi connectivity index (χ1v) is 8.22. The molecule has 0 aromatic carbocycles. The molecule has 1 fully saturated rings. The van der Waals surface area contributed by atoms with E-state index in [0.717, 1.165) is 18.9 Å². The maximum Gasteiger partial charge on any atom is 0.0941 e. The number of likely N-dealkylation sites (tertiary alicyclic amines) is 1. The summed E-state index contributed by atoms with van der Waals surface area (Å²) in [6.07, 6.45) is 3.56. The standard InChI is InChI=1S/C15H27N3S/c1-15(2,3)12-5-8-18(9-6-12)10-13-11-19-14(17-13)4-7-16/h11-12H,4-10,16H2,1-3H3. The summed E-state index contributed by atoms with van der Waals surface area (Å²) in [5.41, 5.74) is 7.25. The predicted molar refractivity (Wildman–Crippen MR) is 82.3 cm³/mol. The van der Waals surface area contributed by atoms with E-state index in [-0.39, 0.29) is 0 Å². The summed E-state index contributed by atoms with van der Waals surface area (Å²) in [6.45, 7) is 11.2. The van der Waals surface area contributed by atoms with Gasteiger partial charge in [0.15, 0.2) is 0 Å². The molecule has 0 unspecified atom stereocenters. The molecule has 2 N–H and O–H groups in total. The van der Waals surface area contributed by atoms with Crippen LogP contribution in [0, 0.1) is 11.3 Å². The van der Waals surface area contributed by atoms with Crippen molar-refractivity contribution in [1.29, 1.82) is 0 Å². The van der Waals surface area contributed by atoms with Crippen LogP contribution in [-0.4, -0.2) is 29.5 Å². The summed E-state index contributed by atoms with van der Waals surface area (Å²) in [6, 6.07) is 0. The number of nitrogens with two attached hydrogens (primary N) is 1. The predicted octanol–water partition coefficient (Wildman–Crippen LogP) is 2.90. The van der Waals surface area contributed by atoms with E-state index in [2.05, 4.69) is 36.0 Å². The van der Waals surface area contributed by atoms with Crippen molar-refractivity contribution in [3.05, 3.63) is 16.1 Å². The molecule has 1 aromatic rings. The quantitative estimate of drug-likeness (QED) is 0.922. The number of rotatable bonds is 4. The van der Waals surface area contributed by atoms with Crippen molar-refractivity contribution in [1.82, 2.24) is 9.88 Å². The summed E-state index contributed by atoms with van der Waals surface area (Å²) >= 11 is 1.75. The smallest absolute Gasteiger partial charge is 0.0941 e. The third kappa shape index (κ3) is 4.26. The fraction of sp³-hybridized carbons (Fsp3) is 0.800. The van der Waals surface area contributed by atoms with Crippen LogP contribution in [0.15, 0.2) is 5.38 Å². The Morgan fingerprint density at radius 3 is 2.63 bits per heavy atom. The Morgan fingerprint density at radius 1 is 1.37 bits per heavy atom. The van der Waals surface area contributed by atoms with Crippen LogP contribution in [0.1, 0.15) is 44.3 Å². The Balaban J connectivity index is 1.82. The SMILES string of the molecule is CC(C)(C)C1CCN(Cc2csc(CCN)n2)CC1. The largest absolute Gasteiger partial charge is 0.330 e. The first kappa shape index (κ1) is 14.9. The molecule has 0 atom stereocenters. The molecule has 2 rings (SSSR count). The van der Waals surface area contributed by atoms with Crippen LogP contribution < -0.4 is 5.73 Å². The van der Waals surface area contributed by atoms with Crippen LogP contribution in [0.5, 0.6) is 0 Å². The van der Waals surface area contributed by atoms with E-state index in [0.29, 0.717) is 12.0 Å². The Labute approximate surface area is 121 Å². The van der Waals surface area contributed by atoms with Gasteiger partial charge in [0.2, 0.25) is 0 Å². The molecule has 1 aliphatic heterocycles. The van der Waals surface area contributed by atoms with Gasteiger partial charge in [0.25, 0.3) is 0 Å². The first-order valence-electron chi connectivity index (χ1n) is 7.34. The van der Waals surface area contributed by atoms with Crippen molar-refractivity contribution in [3.63, 3.8) is 0 Å². The van der Waals surface area contributed by atoms with Gasteiger partial charge in [-0.25, -0.2) is 4.98 Å². The summed E-state index contributed by atoms with van der Waals surface area (Å²) in [4.78, 5) is 7.20. The van der Waals surface area contributed by atoms with Crippen molar-refractivity contribution >= 4 is 11.3 Å². The number of nitrogens with zero attached hydrogens (tertiary/aromatic N) is 2. The van der Waals surface area contributed by atoms with E-state index in [1.165, 1.54) is 36.6 Å². The molecule has 0 saturated carbocycles. The minimum atomic E-state index is 0.459. The lowest BCUT2D eigenvalue weighted by atomic mass is 9.75. The number of piperidine rings is 1. The van der Waals surface area contributed by atoms with Gasteiger partial charge in [-0.2, -0.15) is 0 Å². The van der Waals surface area contributed by atoms with E-state index in [4.69, 9.17) is 5.73 Å². The van der Waals surface area contributed by atoms with Crippen LogP contribution in [0.4, 0.5) is 0 Å². The molecule has 1 aliphatic rings. The molecular weight excluding hydrogens is 254 g/mol. The Bertz CT molecular complexity index is 386. The van der Waals surface area contributed by atoms with Gasteiger partial charge in [-0.15, -0.1) is 11.3 Å². The zero-order chi connectivity index (χ0) is 13.9. The van der Waals surface area contributed by atoms with Gasteiger partial charge >= 0.3 is 0 Å². The van der Waals surface area contributed by atoms with Gasteiger partial charge in [-0.3, -0.25) is 4.90 Å². The van der Waals surface area contributed by atoms with Crippen LogP contribution >= 0.6 is 11.3 Å². The van der Waals surface area contributed by atoms with E-state index in [1.54, 1.807) is 11.3 Å². The van der Waals surface area contributed by atoms with Crippen LogP contribution in [0.2, 0.25) is 0 Å². The van der Waals surface area contributed by atoms with Crippen molar-refractivity contribution in [2.75, 3.05) is 19.6 Å². The van der Waals surface area contributed by atoms with Gasteiger partial charge in [0.1, 0.15) is 0 Å². The highest BCUT2D eigenvalue weighted by Gasteiger charge is 2.28. The summed E-state index contributed by atoms with van der Waals surface area (Å²) in [5.74, 6) is 0.868. The molecule has 1 aromatic heterocycles. The second-order valence-electron chi connectivity index (χ2n) is 6.69. The van der Waals surface area contributed by atoms with Gasteiger partial charge in [-0.1, -0.05) is 20.8 Å². The third-order valence-electron chi connectivity index (χ3n) is 4.16. The van der Waals surface area contributed by atoms with Crippen molar-refractivity contribution < 1.29 is 0 Å². The second-order valence-corrected chi connectivity index (χ2v) is 7.63. The fourth-order valence-corrected chi connectivity index (χ4v) is 3.65. The molecule has 0 bridgehead atoms. The molecule has 0 spiro atoms. The Kier molecular flexibility index (Phi) is 4.98. The number of thiazole rings is 1. The average Bonchev–Trinajstić information content (AvgIpc) is 2.77. The maximum absolute atomic E-state index is 5.57. The van der Waals surface area contributed by atoms with Gasteiger partial charge in [-0.05, 0) is 43.8 Å². The van der Waals surface area contributed by atoms with Crippen LogP contribution in [-0.2, 0) is 13.0 Å². The lowest BCUT2D eigenvalue weighted by Crippen LogP contribution is -2.37. The third-order valence-corrected chi connectivity index (χ3v) is 5.11. The molecule has 2 heterocycles. The first-order chi connectivity index (χ1) is 8.99. The highest BCUT2D eigenvalue weighted by atomic mass is 32.1. The van der Waals surface area contributed by atoms with Crippen LogP contribution in [0.25, 0.3) is 0 Å². The molecule has 4 heteroatoms. The van der Waals surface area contributed by atoms with Crippen molar-refractivity contribution in [2.45, 2.75) is 46.6 Å². The molecule has 108 valence electrons. The average molecular weight is 281 g/mol. The molecule has 1 saturated heterocycles. The zero-order valence-corrected chi connectivity index (χ0v) is 13.3. The van der Waals surface area contributed by atoms with Crippen LogP contribution in [0.3, 0.4) is 0 Å². The Hall–Kier alpha value is -0.450. The summed E-state index contributed by atoms with van der Waals surface area (Å²) < 4.78 is 0. The van der Waals surface area contributed by atoms with E-state index >= 15 is 0 Å². The van der Waals surface area contributed by atoms with E-state index in [9.17, 15) is 0 Å². The van der Waals surface area contributed by atoms with Gasteiger partial charge in [0, 0.05) is 18.3 Å². The molecule has 0 radical (unpaired) electrons. The lowest BCUT2D eigenvalue weighted by Gasteiger charge is -2.38. The highest BCUT2D eigenvalue weighted by Crippen LogP contribution is 2.34. The Morgan fingerprint density at radius 2 is 2.05 bits per heavy atom. The number of hydrogen-bond donors (Lipinski definition) is 1. The molecule has 0 amide bonds. The molecule has 19 heavy (non-hydrogen) atoms. The van der Waals surface area contributed by atoms with Gasteiger partial charge in [0.05, 0.1) is 10.7 Å². The fourth-order valence-electron chi connectivity index (χ4n) is 2.85. The zero-order valence-electron chi connectivity index (χ0n) is 12.5. The highest BCUT2D eigenvalue weighted by molar-refractivity contribution is 7.09. The second kappa shape index (κ2) is 6.33. The van der Waals surface area contributed by atoms with E-state index in [1.807, 2.05) is 0 Å².